The van der Waals surface area contributed by atoms with E-state index in [1.165, 1.54) is 5.56 Å². The number of carbonyl (C=O) groups is 1. The molecule has 0 saturated carbocycles. The van der Waals surface area contributed by atoms with Crippen molar-refractivity contribution in [1.29, 1.82) is 0 Å². The molecule has 2 aromatic rings. The first kappa shape index (κ1) is 15.3. The van der Waals surface area contributed by atoms with Crippen LogP contribution in [0.1, 0.15) is 18.1 Å². The summed E-state index contributed by atoms with van der Waals surface area (Å²) in [5.74, 6) is -0.327. The van der Waals surface area contributed by atoms with E-state index in [0.717, 1.165) is 12.0 Å². The first-order valence-corrected chi connectivity index (χ1v) is 7.12. The second-order valence-electron chi connectivity index (χ2n) is 4.84. The van der Waals surface area contributed by atoms with E-state index in [4.69, 9.17) is 9.47 Å². The SMILES string of the molecule is CC(OCCc1ccccc1)C(=O)OCc1ccccc1. The molecule has 0 N–H and O–H groups in total. The summed E-state index contributed by atoms with van der Waals surface area (Å²) in [5, 5.41) is 0. The number of benzene rings is 2. The summed E-state index contributed by atoms with van der Waals surface area (Å²) in [6.07, 6.45) is 0.245. The number of ether oxygens (including phenoxy) is 2. The Morgan fingerprint density at radius 2 is 1.52 bits per heavy atom. The van der Waals surface area contributed by atoms with Gasteiger partial charge in [-0.05, 0) is 24.5 Å². The largest absolute Gasteiger partial charge is 0.459 e. The summed E-state index contributed by atoms with van der Waals surface area (Å²) in [7, 11) is 0. The Morgan fingerprint density at radius 1 is 0.952 bits per heavy atom. The van der Waals surface area contributed by atoms with E-state index in [-0.39, 0.29) is 12.6 Å². The number of rotatable bonds is 7. The molecule has 0 aromatic heterocycles. The van der Waals surface area contributed by atoms with Crippen molar-refractivity contribution < 1.29 is 14.3 Å². The molecule has 0 spiro atoms. The van der Waals surface area contributed by atoms with Gasteiger partial charge in [-0.3, -0.25) is 0 Å². The Balaban J connectivity index is 1.68. The van der Waals surface area contributed by atoms with Gasteiger partial charge in [0.2, 0.25) is 0 Å². The molecule has 1 atom stereocenters. The van der Waals surface area contributed by atoms with Crippen LogP contribution in [0.3, 0.4) is 0 Å². The minimum Gasteiger partial charge on any atom is -0.459 e. The highest BCUT2D eigenvalue weighted by Gasteiger charge is 2.14. The summed E-state index contributed by atoms with van der Waals surface area (Å²) < 4.78 is 10.8. The van der Waals surface area contributed by atoms with Gasteiger partial charge in [-0.25, -0.2) is 4.79 Å². The Hall–Kier alpha value is -2.13. The molecule has 0 aliphatic carbocycles. The predicted molar refractivity (Wildman–Crippen MR) is 81.8 cm³/mol. The Bertz CT molecular complexity index is 537. The van der Waals surface area contributed by atoms with Gasteiger partial charge in [0.15, 0.2) is 6.10 Å². The topological polar surface area (TPSA) is 35.5 Å². The minimum absolute atomic E-state index is 0.284. The number of hydrogen-bond acceptors (Lipinski definition) is 3. The fourth-order valence-electron chi connectivity index (χ4n) is 1.91. The first-order valence-electron chi connectivity index (χ1n) is 7.12. The van der Waals surface area contributed by atoms with Crippen LogP contribution < -0.4 is 0 Å². The maximum Gasteiger partial charge on any atom is 0.335 e. The fraction of sp³-hybridized carbons (Fsp3) is 0.278. The highest BCUT2D eigenvalue weighted by Crippen LogP contribution is 2.05. The molecule has 2 rings (SSSR count). The molecule has 0 fully saturated rings. The Labute approximate surface area is 125 Å². The van der Waals surface area contributed by atoms with Gasteiger partial charge in [0.25, 0.3) is 0 Å². The Kier molecular flexibility index (Phi) is 5.98. The summed E-state index contributed by atoms with van der Waals surface area (Å²) in [6.45, 7) is 2.51. The zero-order chi connectivity index (χ0) is 14.9. The summed E-state index contributed by atoms with van der Waals surface area (Å²) >= 11 is 0. The van der Waals surface area contributed by atoms with Crippen LogP contribution in [0.15, 0.2) is 60.7 Å². The second kappa shape index (κ2) is 8.22. The van der Waals surface area contributed by atoms with Crippen molar-refractivity contribution in [2.45, 2.75) is 26.1 Å². The lowest BCUT2D eigenvalue weighted by Crippen LogP contribution is -2.24. The van der Waals surface area contributed by atoms with Crippen molar-refractivity contribution in [2.75, 3.05) is 6.61 Å². The van der Waals surface area contributed by atoms with Gasteiger partial charge in [0.1, 0.15) is 6.61 Å². The van der Waals surface area contributed by atoms with Crippen LogP contribution in [0.4, 0.5) is 0 Å². The molecule has 21 heavy (non-hydrogen) atoms. The van der Waals surface area contributed by atoms with Crippen LogP contribution in [0.2, 0.25) is 0 Å². The van der Waals surface area contributed by atoms with Crippen LogP contribution in [-0.2, 0) is 27.3 Å². The molecule has 0 saturated heterocycles. The highest BCUT2D eigenvalue weighted by molar-refractivity contribution is 5.74. The summed E-state index contributed by atoms with van der Waals surface area (Å²) in [6, 6.07) is 19.7. The molecule has 3 heteroatoms. The van der Waals surface area contributed by atoms with Gasteiger partial charge < -0.3 is 9.47 Å². The van der Waals surface area contributed by atoms with Crippen LogP contribution >= 0.6 is 0 Å². The minimum atomic E-state index is -0.544. The van der Waals surface area contributed by atoms with Gasteiger partial charge in [-0.2, -0.15) is 0 Å². The average molecular weight is 284 g/mol. The molecule has 0 heterocycles. The highest BCUT2D eigenvalue weighted by atomic mass is 16.6. The van der Waals surface area contributed by atoms with Crippen LogP contribution in [0, 0.1) is 0 Å². The van der Waals surface area contributed by atoms with Crippen molar-refractivity contribution in [3.8, 4) is 0 Å². The number of hydrogen-bond donors (Lipinski definition) is 0. The van der Waals surface area contributed by atoms with Crippen LogP contribution in [-0.4, -0.2) is 18.7 Å². The van der Waals surface area contributed by atoms with Crippen LogP contribution in [0.5, 0.6) is 0 Å². The molecule has 3 nitrogen and oxygen atoms in total. The van der Waals surface area contributed by atoms with E-state index in [1.807, 2.05) is 60.7 Å². The molecule has 0 radical (unpaired) electrons. The van der Waals surface area contributed by atoms with Gasteiger partial charge in [-0.15, -0.1) is 0 Å². The Morgan fingerprint density at radius 3 is 2.14 bits per heavy atom. The average Bonchev–Trinajstić information content (AvgIpc) is 2.54. The molecule has 0 bridgehead atoms. The normalized spacial score (nSPS) is 11.9. The van der Waals surface area contributed by atoms with E-state index >= 15 is 0 Å². The van der Waals surface area contributed by atoms with Gasteiger partial charge in [0, 0.05) is 0 Å². The summed E-state index contributed by atoms with van der Waals surface area (Å²) in [4.78, 5) is 11.8. The molecule has 0 amide bonds. The lowest BCUT2D eigenvalue weighted by Gasteiger charge is -2.12. The lowest BCUT2D eigenvalue weighted by atomic mass is 10.2. The lowest BCUT2D eigenvalue weighted by molar-refractivity contribution is -0.157. The number of esters is 1. The third kappa shape index (κ3) is 5.40. The third-order valence-corrected chi connectivity index (χ3v) is 3.16. The van der Waals surface area contributed by atoms with E-state index in [2.05, 4.69) is 0 Å². The van der Waals surface area contributed by atoms with E-state index < -0.39 is 6.10 Å². The van der Waals surface area contributed by atoms with Gasteiger partial charge in [0.05, 0.1) is 6.61 Å². The second-order valence-corrected chi connectivity index (χ2v) is 4.84. The zero-order valence-corrected chi connectivity index (χ0v) is 12.2. The molecular weight excluding hydrogens is 264 g/mol. The van der Waals surface area contributed by atoms with E-state index in [0.29, 0.717) is 6.61 Å². The maximum atomic E-state index is 11.8. The maximum absolute atomic E-state index is 11.8. The molecule has 0 aliphatic rings. The van der Waals surface area contributed by atoms with Crippen molar-refractivity contribution in [3.63, 3.8) is 0 Å². The van der Waals surface area contributed by atoms with Crippen LogP contribution in [0.25, 0.3) is 0 Å². The fourth-order valence-corrected chi connectivity index (χ4v) is 1.91. The zero-order valence-electron chi connectivity index (χ0n) is 12.2. The first-order chi connectivity index (χ1) is 10.3. The smallest absolute Gasteiger partial charge is 0.335 e. The summed E-state index contributed by atoms with van der Waals surface area (Å²) in [5.41, 5.74) is 2.17. The standard InChI is InChI=1S/C18H20O3/c1-15(20-13-12-16-8-4-2-5-9-16)18(19)21-14-17-10-6-3-7-11-17/h2-11,15H,12-14H2,1H3. The molecule has 110 valence electrons. The predicted octanol–water partition coefficient (Wildman–Crippen LogP) is 3.38. The third-order valence-electron chi connectivity index (χ3n) is 3.16. The van der Waals surface area contributed by atoms with Crippen molar-refractivity contribution >= 4 is 5.97 Å². The monoisotopic (exact) mass is 284 g/mol. The van der Waals surface area contributed by atoms with E-state index in [9.17, 15) is 4.79 Å². The van der Waals surface area contributed by atoms with E-state index in [1.54, 1.807) is 6.92 Å². The van der Waals surface area contributed by atoms with Crippen molar-refractivity contribution in [1.82, 2.24) is 0 Å². The molecular formula is C18H20O3. The molecule has 0 aliphatic heterocycles. The molecule has 2 aromatic carbocycles. The number of carbonyl (C=O) groups excluding carboxylic acids is 1. The van der Waals surface area contributed by atoms with Crippen molar-refractivity contribution in [2.24, 2.45) is 0 Å². The van der Waals surface area contributed by atoms with Gasteiger partial charge >= 0.3 is 5.97 Å². The van der Waals surface area contributed by atoms with Crippen molar-refractivity contribution in [3.05, 3.63) is 71.8 Å². The van der Waals surface area contributed by atoms with Gasteiger partial charge in [-0.1, -0.05) is 60.7 Å². The quantitative estimate of drug-likeness (QED) is 0.731. The molecule has 1 unspecified atom stereocenters.